The molecule has 0 fully saturated rings. The Morgan fingerprint density at radius 2 is 1.50 bits per heavy atom. The van der Waals surface area contributed by atoms with Gasteiger partial charge in [-0.3, -0.25) is 4.79 Å². The van der Waals surface area contributed by atoms with E-state index in [2.05, 4.69) is 0 Å². The Labute approximate surface area is 150 Å². The minimum absolute atomic E-state index is 0.244. The molecule has 0 bridgehead atoms. The second-order valence-electron chi connectivity index (χ2n) is 5.63. The van der Waals surface area contributed by atoms with Crippen molar-refractivity contribution in [3.8, 4) is 23.0 Å². The Bertz CT molecular complexity index is 975. The number of methoxy groups -OCH3 is 3. The van der Waals surface area contributed by atoms with E-state index in [-0.39, 0.29) is 40.3 Å². The quantitative estimate of drug-likeness (QED) is 0.671. The smallest absolute Gasteiger partial charge is 0.211 e. The molecule has 0 amide bonds. The van der Waals surface area contributed by atoms with Gasteiger partial charge >= 0.3 is 0 Å². The Balaban J connectivity index is 2.27. The predicted molar refractivity (Wildman–Crippen MR) is 97.7 cm³/mol. The fraction of sp³-hybridized carbons (Fsp3) is 0.250. The summed E-state index contributed by atoms with van der Waals surface area (Å²) in [5.41, 5.74) is 0.971. The molecule has 3 aromatic rings. The zero-order valence-corrected chi connectivity index (χ0v) is 15.1. The molecule has 6 heteroatoms. The van der Waals surface area contributed by atoms with E-state index in [0.717, 1.165) is 5.56 Å². The maximum Gasteiger partial charge on any atom is 0.211 e. The highest BCUT2D eigenvalue weighted by Gasteiger charge is 2.27. The van der Waals surface area contributed by atoms with Gasteiger partial charge in [0.15, 0.2) is 16.8 Å². The van der Waals surface area contributed by atoms with Gasteiger partial charge in [0.1, 0.15) is 17.8 Å². The number of rotatable bonds is 6. The first kappa shape index (κ1) is 17.7. The molecule has 0 N–H and O–H groups in total. The van der Waals surface area contributed by atoms with E-state index in [1.165, 1.54) is 27.4 Å². The summed E-state index contributed by atoms with van der Waals surface area (Å²) in [6, 6.07) is 11.0. The zero-order valence-electron chi connectivity index (χ0n) is 15.1. The fourth-order valence-corrected chi connectivity index (χ4v) is 2.83. The average Bonchev–Trinajstić information content (AvgIpc) is 2.65. The first-order valence-electron chi connectivity index (χ1n) is 8.03. The molecule has 1 aromatic heterocycles. The maximum atomic E-state index is 12.7. The van der Waals surface area contributed by atoms with Crippen molar-refractivity contribution >= 4 is 11.0 Å². The van der Waals surface area contributed by atoms with Crippen LogP contribution in [0.3, 0.4) is 0 Å². The van der Waals surface area contributed by atoms with Gasteiger partial charge in [-0.2, -0.15) is 0 Å². The molecule has 1 heterocycles. The molecule has 136 valence electrons. The van der Waals surface area contributed by atoms with Crippen LogP contribution in [0.1, 0.15) is 11.3 Å². The molecule has 0 atom stereocenters. The van der Waals surface area contributed by atoms with Crippen molar-refractivity contribution in [3.05, 3.63) is 57.9 Å². The SMILES string of the molecule is COc1c(OC)c(OCc2ccccc2)c2c(=O)cc(C)oc2c1OC. The van der Waals surface area contributed by atoms with Crippen LogP contribution in [-0.2, 0) is 6.61 Å². The maximum absolute atomic E-state index is 12.7. The highest BCUT2D eigenvalue weighted by Crippen LogP contribution is 2.50. The van der Waals surface area contributed by atoms with Crippen molar-refractivity contribution in [3.63, 3.8) is 0 Å². The number of hydrogen-bond acceptors (Lipinski definition) is 6. The van der Waals surface area contributed by atoms with Gasteiger partial charge < -0.3 is 23.4 Å². The van der Waals surface area contributed by atoms with Crippen LogP contribution in [-0.4, -0.2) is 21.3 Å². The van der Waals surface area contributed by atoms with Crippen LogP contribution in [0, 0.1) is 6.92 Å². The van der Waals surface area contributed by atoms with Crippen LogP contribution in [0.4, 0.5) is 0 Å². The van der Waals surface area contributed by atoms with Crippen LogP contribution >= 0.6 is 0 Å². The molecule has 0 saturated carbocycles. The average molecular weight is 356 g/mol. The monoisotopic (exact) mass is 356 g/mol. The van der Waals surface area contributed by atoms with E-state index in [1.54, 1.807) is 6.92 Å². The summed E-state index contributed by atoms with van der Waals surface area (Å²) in [5.74, 6) is 1.59. The van der Waals surface area contributed by atoms with E-state index in [9.17, 15) is 4.79 Å². The van der Waals surface area contributed by atoms with E-state index in [1.807, 2.05) is 30.3 Å². The Morgan fingerprint density at radius 1 is 0.885 bits per heavy atom. The van der Waals surface area contributed by atoms with Crippen molar-refractivity contribution < 1.29 is 23.4 Å². The van der Waals surface area contributed by atoms with Crippen molar-refractivity contribution in [2.24, 2.45) is 0 Å². The molecule has 0 aliphatic heterocycles. The molecule has 0 aliphatic rings. The van der Waals surface area contributed by atoms with Crippen molar-refractivity contribution in [2.45, 2.75) is 13.5 Å². The normalized spacial score (nSPS) is 10.6. The second kappa shape index (κ2) is 7.39. The lowest BCUT2D eigenvalue weighted by molar-refractivity contribution is 0.272. The molecule has 0 aliphatic carbocycles. The minimum atomic E-state index is -0.244. The summed E-state index contributed by atoms with van der Waals surface area (Å²) in [4.78, 5) is 12.7. The molecule has 26 heavy (non-hydrogen) atoms. The lowest BCUT2D eigenvalue weighted by Gasteiger charge is -2.18. The van der Waals surface area contributed by atoms with Gasteiger partial charge in [0.25, 0.3) is 0 Å². The number of benzene rings is 2. The molecule has 0 saturated heterocycles. The first-order valence-corrected chi connectivity index (χ1v) is 8.03. The van der Waals surface area contributed by atoms with Gasteiger partial charge in [-0.05, 0) is 12.5 Å². The molecule has 6 nitrogen and oxygen atoms in total. The predicted octanol–water partition coefficient (Wildman–Crippen LogP) is 3.71. The van der Waals surface area contributed by atoms with Gasteiger partial charge in [0.2, 0.25) is 17.2 Å². The van der Waals surface area contributed by atoms with Crippen LogP contribution in [0.15, 0.2) is 45.6 Å². The summed E-state index contributed by atoms with van der Waals surface area (Å²) < 4.78 is 28.1. The van der Waals surface area contributed by atoms with E-state index < -0.39 is 0 Å². The molecule has 0 radical (unpaired) electrons. The first-order chi connectivity index (χ1) is 12.6. The van der Waals surface area contributed by atoms with Gasteiger partial charge in [-0.1, -0.05) is 30.3 Å². The number of fused-ring (bicyclic) bond motifs is 1. The largest absolute Gasteiger partial charge is 0.490 e. The van der Waals surface area contributed by atoms with E-state index in [0.29, 0.717) is 11.5 Å². The molecule has 2 aromatic carbocycles. The summed E-state index contributed by atoms with van der Waals surface area (Å²) in [5, 5.41) is 0.251. The van der Waals surface area contributed by atoms with Crippen LogP contribution in [0.5, 0.6) is 23.0 Å². The molecule has 0 spiro atoms. The van der Waals surface area contributed by atoms with Gasteiger partial charge in [0, 0.05) is 6.07 Å². The third-order valence-corrected chi connectivity index (χ3v) is 3.96. The summed E-state index contributed by atoms with van der Waals surface area (Å²) >= 11 is 0. The Kier molecular flexibility index (Phi) is 5.02. The van der Waals surface area contributed by atoms with Crippen molar-refractivity contribution in [1.82, 2.24) is 0 Å². The summed E-state index contributed by atoms with van der Waals surface area (Å²) in [6.45, 7) is 1.95. The van der Waals surface area contributed by atoms with Crippen LogP contribution in [0.2, 0.25) is 0 Å². The molecule has 3 rings (SSSR count). The lowest BCUT2D eigenvalue weighted by atomic mass is 10.1. The number of hydrogen-bond donors (Lipinski definition) is 0. The highest BCUT2D eigenvalue weighted by molar-refractivity contribution is 5.94. The fourth-order valence-electron chi connectivity index (χ4n) is 2.83. The topological polar surface area (TPSA) is 67.1 Å². The third kappa shape index (κ3) is 3.06. The third-order valence-electron chi connectivity index (χ3n) is 3.96. The van der Waals surface area contributed by atoms with Crippen molar-refractivity contribution in [1.29, 1.82) is 0 Å². The van der Waals surface area contributed by atoms with Crippen molar-refractivity contribution in [2.75, 3.05) is 21.3 Å². The Morgan fingerprint density at radius 3 is 2.12 bits per heavy atom. The van der Waals surface area contributed by atoms with Crippen LogP contribution in [0.25, 0.3) is 11.0 Å². The lowest BCUT2D eigenvalue weighted by Crippen LogP contribution is -2.08. The molecular weight excluding hydrogens is 336 g/mol. The zero-order chi connectivity index (χ0) is 18.7. The second-order valence-corrected chi connectivity index (χ2v) is 5.63. The number of aryl methyl sites for hydroxylation is 1. The highest BCUT2D eigenvalue weighted by atomic mass is 16.5. The van der Waals surface area contributed by atoms with E-state index in [4.69, 9.17) is 23.4 Å². The molecule has 0 unspecified atom stereocenters. The standard InChI is InChI=1S/C20H20O6/c1-12-10-14(21)15-16(25-11-13-8-6-5-7-9-13)18(22-2)20(24-4)19(23-3)17(15)26-12/h5-10H,11H2,1-4H3. The van der Waals surface area contributed by atoms with Gasteiger partial charge in [-0.25, -0.2) is 0 Å². The number of ether oxygens (including phenoxy) is 4. The van der Waals surface area contributed by atoms with Gasteiger partial charge in [-0.15, -0.1) is 0 Å². The Hall–Kier alpha value is -3.15. The summed E-state index contributed by atoms with van der Waals surface area (Å²) in [7, 11) is 4.44. The summed E-state index contributed by atoms with van der Waals surface area (Å²) in [6.07, 6.45) is 0. The van der Waals surface area contributed by atoms with Gasteiger partial charge in [0.05, 0.1) is 21.3 Å². The minimum Gasteiger partial charge on any atom is -0.490 e. The van der Waals surface area contributed by atoms with Crippen LogP contribution < -0.4 is 24.4 Å². The molecular formula is C20H20O6. The van der Waals surface area contributed by atoms with E-state index >= 15 is 0 Å².